The van der Waals surface area contributed by atoms with Crippen molar-refractivity contribution in [3.63, 3.8) is 0 Å². The van der Waals surface area contributed by atoms with Crippen LogP contribution in [0.5, 0.6) is 34.5 Å². The van der Waals surface area contributed by atoms with Crippen LogP contribution in [0.4, 0.5) is 96.1 Å². The van der Waals surface area contributed by atoms with Gasteiger partial charge in [0, 0.05) is 35.3 Å². The lowest BCUT2D eigenvalue weighted by Gasteiger charge is -2.26. The fourth-order valence-electron chi connectivity index (χ4n) is 6.45. The summed E-state index contributed by atoms with van der Waals surface area (Å²) in [7, 11) is 0. The third-order valence-corrected chi connectivity index (χ3v) is 8.97. The molecule has 0 amide bonds. The van der Waals surface area contributed by atoms with Crippen molar-refractivity contribution in [2.75, 3.05) is 4.90 Å². The van der Waals surface area contributed by atoms with Crippen molar-refractivity contribution >= 4 is 53.5 Å². The molecule has 0 saturated carbocycles. The fraction of sp³-hybridized carbons (Fsp3) is 0.125. The summed E-state index contributed by atoms with van der Waals surface area (Å²) in [4.78, 5) is 1.64. The lowest BCUT2D eigenvalue weighted by atomic mass is 10.1. The minimum Gasteiger partial charge on any atom is -0.406 e. The van der Waals surface area contributed by atoms with Crippen LogP contribution in [0.15, 0.2) is 127 Å². The molecule has 6 aromatic carbocycles. The van der Waals surface area contributed by atoms with Gasteiger partial charge in [0.2, 0.25) is 0 Å². The summed E-state index contributed by atoms with van der Waals surface area (Å²) in [5, 5.41) is 0. The number of hydrogen-bond acceptors (Lipinski definition) is 7. The van der Waals surface area contributed by atoms with E-state index in [1.165, 1.54) is 72.9 Å². The molecule has 0 spiro atoms. The van der Waals surface area contributed by atoms with Crippen LogP contribution in [0.1, 0.15) is 33.4 Å². The Morgan fingerprint density at radius 2 is 0.397 bits per heavy atom. The molecular weight excluding hydrogens is 1030 g/mol. The van der Waals surface area contributed by atoms with Crippen LogP contribution in [0.25, 0.3) is 36.5 Å². The second kappa shape index (κ2) is 21.3. The van der Waals surface area contributed by atoms with E-state index in [2.05, 4.69) is 28.4 Å². The number of halogens is 18. The van der Waals surface area contributed by atoms with Gasteiger partial charge in [0.25, 0.3) is 0 Å². The quantitative estimate of drug-likeness (QED) is 0.0750. The number of ether oxygens (including phenoxy) is 6. The first kappa shape index (κ1) is 54.2. The summed E-state index contributed by atoms with van der Waals surface area (Å²) in [5.41, 5.74) is 1.75. The molecule has 0 heterocycles. The highest BCUT2D eigenvalue weighted by molar-refractivity contribution is 5.81. The van der Waals surface area contributed by atoms with Gasteiger partial charge in [0.05, 0.1) is 0 Å². The van der Waals surface area contributed by atoms with E-state index in [0.717, 1.165) is 36.4 Å². The Bertz CT molecular complexity index is 2500. The van der Waals surface area contributed by atoms with Crippen molar-refractivity contribution in [2.45, 2.75) is 38.2 Å². The molecule has 0 unspecified atom stereocenters. The van der Waals surface area contributed by atoms with Crippen LogP contribution in [0, 0.1) is 0 Å². The van der Waals surface area contributed by atoms with Crippen molar-refractivity contribution in [3.8, 4) is 34.5 Å². The van der Waals surface area contributed by atoms with Gasteiger partial charge >= 0.3 is 38.2 Å². The van der Waals surface area contributed by atoms with Crippen LogP contribution in [-0.4, -0.2) is 38.2 Å². The molecule has 0 N–H and O–H groups in total. The molecule has 0 radical (unpaired) electrons. The average molecular weight is 1060 g/mol. The molecule has 7 nitrogen and oxygen atoms in total. The number of hydrogen-bond donors (Lipinski definition) is 0. The van der Waals surface area contributed by atoms with Crippen molar-refractivity contribution < 1.29 is 107 Å². The Morgan fingerprint density at radius 3 is 0.562 bits per heavy atom. The summed E-state index contributed by atoms with van der Waals surface area (Å²) >= 11 is 0. The van der Waals surface area contributed by atoms with Gasteiger partial charge in [-0.25, -0.2) is 0 Å². The molecule has 0 bridgehead atoms. The first-order valence-corrected chi connectivity index (χ1v) is 19.9. The van der Waals surface area contributed by atoms with E-state index < -0.39 is 72.7 Å². The molecule has 6 aromatic rings. The maximum Gasteiger partial charge on any atom is 0.573 e. The molecule has 25 heteroatoms. The number of benzene rings is 6. The van der Waals surface area contributed by atoms with Crippen molar-refractivity contribution in [1.29, 1.82) is 0 Å². The second-order valence-corrected chi connectivity index (χ2v) is 14.6. The van der Waals surface area contributed by atoms with Crippen molar-refractivity contribution in [3.05, 3.63) is 161 Å². The number of anilines is 3. The SMILES string of the molecule is FC(F)(F)Oc1cc(/C=C/c2ccc(N(c3ccc(/C=C/c4cc(OC(F)(F)F)cc(OC(F)(F)F)c4)cc3)c3ccc(/C=C/c4cc(OC(F)(F)F)cc(OC(F)(F)F)c4)cc3)cc2)cc(OC(F)(F)F)c1. The monoisotopic (exact) mass is 1060 g/mol. The zero-order valence-electron chi connectivity index (χ0n) is 35.8. The van der Waals surface area contributed by atoms with E-state index in [9.17, 15) is 79.0 Å². The van der Waals surface area contributed by atoms with Gasteiger partial charge in [-0.15, -0.1) is 79.0 Å². The fourth-order valence-corrected chi connectivity index (χ4v) is 6.45. The maximum absolute atomic E-state index is 12.9. The molecule has 0 aliphatic carbocycles. The van der Waals surface area contributed by atoms with Crippen molar-refractivity contribution in [1.82, 2.24) is 0 Å². The zero-order valence-corrected chi connectivity index (χ0v) is 35.8. The van der Waals surface area contributed by atoms with E-state index in [0.29, 0.717) is 52.0 Å². The molecule has 0 aliphatic rings. The van der Waals surface area contributed by atoms with Crippen LogP contribution < -0.4 is 33.3 Å². The molecule has 0 fully saturated rings. The summed E-state index contributed by atoms with van der Waals surface area (Å²) in [5.74, 6) is -6.05. The first-order valence-electron chi connectivity index (χ1n) is 19.9. The van der Waals surface area contributed by atoms with Gasteiger partial charge in [0.15, 0.2) is 0 Å². The first-order chi connectivity index (χ1) is 33.8. The van der Waals surface area contributed by atoms with Gasteiger partial charge in [0.1, 0.15) is 34.5 Å². The Labute approximate surface area is 398 Å². The molecular formula is C48H27F18NO6. The highest BCUT2D eigenvalue weighted by atomic mass is 19.4. The smallest absolute Gasteiger partial charge is 0.406 e. The predicted octanol–water partition coefficient (Wildman–Crippen LogP) is 17.1. The summed E-state index contributed by atoms with van der Waals surface area (Å²) in [6, 6.07) is 24.4. The standard InChI is InChI=1S/C48H27F18NO6/c49-43(50,51)68-37-19-31(20-38(25-37)69-44(52,53)54)4-1-28-7-13-34(14-8-28)67(35-15-9-29(10-16-35)2-5-32-21-39(70-45(55,56)57)26-40(22-32)71-46(58,59)60)36-17-11-30(12-18-36)3-6-33-23-41(72-47(61,62)63)27-42(24-33)73-48(64,65)66/h1-27H/b4-1+,5-2+,6-3+. The normalized spacial score (nSPS) is 12.9. The lowest BCUT2D eigenvalue weighted by molar-refractivity contribution is -0.278. The van der Waals surface area contributed by atoms with Gasteiger partial charge in [-0.1, -0.05) is 72.9 Å². The second-order valence-electron chi connectivity index (χ2n) is 14.6. The Balaban J connectivity index is 1.33. The molecule has 73 heavy (non-hydrogen) atoms. The molecule has 0 saturated heterocycles. The van der Waals surface area contributed by atoms with E-state index in [1.54, 1.807) is 41.3 Å². The van der Waals surface area contributed by atoms with E-state index in [4.69, 9.17) is 0 Å². The highest BCUT2D eigenvalue weighted by Gasteiger charge is 2.36. The molecule has 386 valence electrons. The van der Waals surface area contributed by atoms with Crippen LogP contribution in [-0.2, 0) is 0 Å². The van der Waals surface area contributed by atoms with Gasteiger partial charge in [-0.2, -0.15) is 0 Å². The minimum atomic E-state index is -5.26. The third kappa shape index (κ3) is 18.5. The number of alkyl halides is 18. The van der Waals surface area contributed by atoms with Gasteiger partial charge < -0.3 is 33.3 Å². The lowest BCUT2D eigenvalue weighted by Crippen LogP contribution is -2.19. The van der Waals surface area contributed by atoms with Crippen LogP contribution in [0.3, 0.4) is 0 Å². The Hall–Kier alpha value is -8.12. The minimum absolute atomic E-state index is 0.190. The summed E-state index contributed by atoms with van der Waals surface area (Å²) in [6.45, 7) is 0. The zero-order chi connectivity index (χ0) is 53.6. The maximum atomic E-state index is 12.9. The topological polar surface area (TPSA) is 58.6 Å². The highest BCUT2D eigenvalue weighted by Crippen LogP contribution is 2.38. The van der Waals surface area contributed by atoms with Gasteiger partial charge in [-0.05, 0) is 106 Å². The molecule has 0 aromatic heterocycles. The summed E-state index contributed by atoms with van der Waals surface area (Å²) in [6.07, 6.45) is -24.0. The van der Waals surface area contributed by atoms with E-state index in [1.807, 2.05) is 0 Å². The van der Waals surface area contributed by atoms with E-state index >= 15 is 0 Å². The Morgan fingerprint density at radius 1 is 0.233 bits per heavy atom. The molecule has 6 rings (SSSR count). The Kier molecular flexibility index (Phi) is 15.8. The summed E-state index contributed by atoms with van der Waals surface area (Å²) < 4.78 is 256. The van der Waals surface area contributed by atoms with Crippen LogP contribution in [0.2, 0.25) is 0 Å². The third-order valence-electron chi connectivity index (χ3n) is 8.97. The molecule has 0 aliphatic heterocycles. The van der Waals surface area contributed by atoms with Crippen molar-refractivity contribution in [2.24, 2.45) is 0 Å². The molecule has 0 atom stereocenters. The predicted molar refractivity (Wildman–Crippen MR) is 227 cm³/mol. The van der Waals surface area contributed by atoms with Crippen LogP contribution >= 0.6 is 0 Å². The average Bonchev–Trinajstić information content (AvgIpc) is 3.22. The number of rotatable bonds is 15. The largest absolute Gasteiger partial charge is 0.573 e. The van der Waals surface area contributed by atoms with Gasteiger partial charge in [-0.3, -0.25) is 0 Å². The van der Waals surface area contributed by atoms with E-state index in [-0.39, 0.29) is 16.7 Å². The number of nitrogens with zero attached hydrogens (tertiary/aromatic N) is 1.